The van der Waals surface area contributed by atoms with Crippen LogP contribution in [-0.4, -0.2) is 32.4 Å². The summed E-state index contributed by atoms with van der Waals surface area (Å²) < 4.78 is 10.1. The van der Waals surface area contributed by atoms with Crippen LogP contribution in [0.25, 0.3) is 0 Å². The van der Waals surface area contributed by atoms with Gasteiger partial charge < -0.3 is 14.8 Å². The first kappa shape index (κ1) is 17.0. The van der Waals surface area contributed by atoms with Crippen molar-refractivity contribution in [1.29, 1.82) is 0 Å². The van der Waals surface area contributed by atoms with Gasteiger partial charge in [0.2, 0.25) is 0 Å². The molecule has 2 aromatic rings. The van der Waals surface area contributed by atoms with E-state index < -0.39 is 6.09 Å². The van der Waals surface area contributed by atoms with Crippen molar-refractivity contribution in [3.8, 4) is 11.5 Å². The number of nitrogens with zero attached hydrogens (tertiary/aromatic N) is 1. The van der Waals surface area contributed by atoms with Gasteiger partial charge in [0.05, 0.1) is 18.9 Å². The first-order valence-corrected chi connectivity index (χ1v) is 7.10. The summed E-state index contributed by atoms with van der Waals surface area (Å²) in [7, 11) is 2.98. The Morgan fingerprint density at radius 1 is 1.08 bits per heavy atom. The van der Waals surface area contributed by atoms with Crippen LogP contribution in [0.5, 0.6) is 11.5 Å². The number of hydrazone groups is 1. The van der Waals surface area contributed by atoms with Crippen LogP contribution in [0.15, 0.2) is 53.6 Å². The van der Waals surface area contributed by atoms with Gasteiger partial charge in [0.15, 0.2) is 0 Å². The van der Waals surface area contributed by atoms with E-state index in [4.69, 9.17) is 9.47 Å². The molecule has 7 heteroatoms. The van der Waals surface area contributed by atoms with E-state index >= 15 is 0 Å². The van der Waals surface area contributed by atoms with Gasteiger partial charge in [-0.25, -0.2) is 10.2 Å². The fraction of sp³-hybridized carbons (Fsp3) is 0.118. The molecule has 0 radical (unpaired) electrons. The quantitative estimate of drug-likeness (QED) is 0.651. The van der Waals surface area contributed by atoms with Gasteiger partial charge in [-0.15, -0.1) is 0 Å². The predicted octanol–water partition coefficient (Wildman–Crippen LogP) is 2.18. The molecule has 2 rings (SSSR count). The van der Waals surface area contributed by atoms with Crippen LogP contribution < -0.4 is 20.2 Å². The molecule has 0 aliphatic heterocycles. The van der Waals surface area contributed by atoms with E-state index in [2.05, 4.69) is 15.8 Å². The number of hydrogen-bond donors (Lipinski definition) is 2. The molecular formula is C17H17N3O4. The van der Waals surface area contributed by atoms with Gasteiger partial charge >= 0.3 is 6.09 Å². The summed E-state index contributed by atoms with van der Waals surface area (Å²) in [6, 6.07) is 13.5. The van der Waals surface area contributed by atoms with Crippen LogP contribution in [0.1, 0.15) is 15.9 Å². The van der Waals surface area contributed by atoms with Gasteiger partial charge in [-0.3, -0.25) is 4.79 Å². The number of benzene rings is 2. The number of hydrogen-bond acceptors (Lipinski definition) is 5. The number of carbonyl (C=O) groups is 2. The SMILES string of the molecule is CNC(=O)Oc1ccc(/C=N\NC(=O)c2ccccc2OC)cc1. The maximum Gasteiger partial charge on any atom is 0.412 e. The van der Waals surface area contributed by atoms with Crippen molar-refractivity contribution in [2.75, 3.05) is 14.2 Å². The lowest BCUT2D eigenvalue weighted by molar-refractivity contribution is 0.0952. The minimum atomic E-state index is -0.541. The van der Waals surface area contributed by atoms with Gasteiger partial charge in [-0.1, -0.05) is 12.1 Å². The zero-order valence-electron chi connectivity index (χ0n) is 13.3. The molecule has 0 atom stereocenters. The highest BCUT2D eigenvalue weighted by molar-refractivity contribution is 5.97. The largest absolute Gasteiger partial charge is 0.496 e. The number of para-hydroxylation sites is 1. The van der Waals surface area contributed by atoms with E-state index in [1.165, 1.54) is 20.4 Å². The summed E-state index contributed by atoms with van der Waals surface area (Å²) in [5, 5.41) is 6.25. The van der Waals surface area contributed by atoms with Crippen molar-refractivity contribution in [3.63, 3.8) is 0 Å². The first-order valence-electron chi connectivity index (χ1n) is 7.10. The van der Waals surface area contributed by atoms with Crippen LogP contribution in [0, 0.1) is 0 Å². The zero-order chi connectivity index (χ0) is 17.4. The van der Waals surface area contributed by atoms with Crippen LogP contribution in [0.4, 0.5) is 4.79 Å². The highest BCUT2D eigenvalue weighted by Gasteiger charge is 2.09. The van der Waals surface area contributed by atoms with E-state index in [-0.39, 0.29) is 5.91 Å². The highest BCUT2D eigenvalue weighted by Crippen LogP contribution is 2.16. The molecule has 0 aliphatic carbocycles. The molecule has 0 aliphatic rings. The lowest BCUT2D eigenvalue weighted by Crippen LogP contribution is -2.21. The summed E-state index contributed by atoms with van der Waals surface area (Å²) in [5.41, 5.74) is 3.56. The minimum Gasteiger partial charge on any atom is -0.496 e. The third-order valence-corrected chi connectivity index (χ3v) is 3.03. The number of ether oxygens (including phenoxy) is 2. The summed E-state index contributed by atoms with van der Waals surface area (Å²) in [5.74, 6) is 0.508. The predicted molar refractivity (Wildman–Crippen MR) is 89.6 cm³/mol. The minimum absolute atomic E-state index is 0.372. The maximum atomic E-state index is 12.1. The molecule has 7 nitrogen and oxygen atoms in total. The molecule has 0 spiro atoms. The van der Waals surface area contributed by atoms with Gasteiger partial charge in [0.1, 0.15) is 11.5 Å². The second-order valence-corrected chi connectivity index (χ2v) is 4.61. The maximum absolute atomic E-state index is 12.1. The first-order chi connectivity index (χ1) is 11.6. The fourth-order valence-corrected chi connectivity index (χ4v) is 1.84. The normalized spacial score (nSPS) is 10.2. The molecule has 0 aromatic heterocycles. The molecule has 0 bridgehead atoms. The molecule has 24 heavy (non-hydrogen) atoms. The van der Waals surface area contributed by atoms with E-state index in [0.717, 1.165) is 5.56 Å². The average Bonchev–Trinajstić information content (AvgIpc) is 2.62. The molecule has 2 N–H and O–H groups in total. The number of amides is 2. The molecule has 124 valence electrons. The van der Waals surface area contributed by atoms with Crippen molar-refractivity contribution in [2.24, 2.45) is 5.10 Å². The standard InChI is InChI=1S/C17H17N3O4/c1-18-17(22)24-13-9-7-12(8-10-13)11-19-20-16(21)14-5-3-4-6-15(14)23-2/h3-11H,1-2H3,(H,18,22)(H,20,21)/b19-11-. The monoisotopic (exact) mass is 327 g/mol. The third-order valence-electron chi connectivity index (χ3n) is 3.03. The van der Waals surface area contributed by atoms with E-state index in [0.29, 0.717) is 17.1 Å². The van der Waals surface area contributed by atoms with E-state index in [1.54, 1.807) is 48.5 Å². The van der Waals surface area contributed by atoms with Gasteiger partial charge in [-0.2, -0.15) is 5.10 Å². The zero-order valence-corrected chi connectivity index (χ0v) is 13.3. The van der Waals surface area contributed by atoms with Crippen LogP contribution in [0.3, 0.4) is 0 Å². The topological polar surface area (TPSA) is 89.0 Å². The molecule has 0 saturated carbocycles. The summed E-state index contributed by atoms with van der Waals surface area (Å²) in [6.07, 6.45) is 0.942. The van der Waals surface area contributed by atoms with E-state index in [9.17, 15) is 9.59 Å². The number of nitrogens with one attached hydrogen (secondary N) is 2. The Bertz CT molecular complexity index is 742. The number of carbonyl (C=O) groups excluding carboxylic acids is 2. The number of rotatable bonds is 5. The van der Waals surface area contributed by atoms with Crippen LogP contribution >= 0.6 is 0 Å². The Balaban J connectivity index is 1.96. The van der Waals surface area contributed by atoms with Crippen molar-refractivity contribution in [3.05, 3.63) is 59.7 Å². The Morgan fingerprint density at radius 2 is 1.79 bits per heavy atom. The van der Waals surface area contributed by atoms with Gasteiger partial charge in [0.25, 0.3) is 5.91 Å². The molecule has 2 aromatic carbocycles. The summed E-state index contributed by atoms with van der Waals surface area (Å²) >= 11 is 0. The Morgan fingerprint density at radius 3 is 2.46 bits per heavy atom. The number of methoxy groups -OCH3 is 1. The molecule has 0 heterocycles. The summed E-state index contributed by atoms with van der Waals surface area (Å²) in [6.45, 7) is 0. The van der Waals surface area contributed by atoms with Crippen molar-refractivity contribution in [1.82, 2.24) is 10.7 Å². The molecule has 2 amide bonds. The smallest absolute Gasteiger partial charge is 0.412 e. The Kier molecular flexibility index (Phi) is 5.90. The molecule has 0 saturated heterocycles. The second-order valence-electron chi connectivity index (χ2n) is 4.61. The Labute approximate surface area is 139 Å². The van der Waals surface area contributed by atoms with Crippen LogP contribution in [0.2, 0.25) is 0 Å². The van der Waals surface area contributed by atoms with Gasteiger partial charge in [0, 0.05) is 7.05 Å². The fourth-order valence-electron chi connectivity index (χ4n) is 1.84. The van der Waals surface area contributed by atoms with Crippen molar-refractivity contribution < 1.29 is 19.1 Å². The van der Waals surface area contributed by atoms with Gasteiger partial charge in [-0.05, 0) is 42.0 Å². The second kappa shape index (κ2) is 8.33. The molecular weight excluding hydrogens is 310 g/mol. The molecule has 0 unspecified atom stereocenters. The van der Waals surface area contributed by atoms with E-state index in [1.807, 2.05) is 0 Å². The Hall–Kier alpha value is -3.35. The molecule has 0 fully saturated rings. The lowest BCUT2D eigenvalue weighted by atomic mass is 10.2. The third kappa shape index (κ3) is 4.57. The summed E-state index contributed by atoms with van der Waals surface area (Å²) in [4.78, 5) is 23.1. The lowest BCUT2D eigenvalue weighted by Gasteiger charge is -2.06. The van der Waals surface area contributed by atoms with Crippen molar-refractivity contribution >= 4 is 18.2 Å². The van der Waals surface area contributed by atoms with Crippen molar-refractivity contribution in [2.45, 2.75) is 0 Å². The highest BCUT2D eigenvalue weighted by atomic mass is 16.5. The van der Waals surface area contributed by atoms with Crippen LogP contribution in [-0.2, 0) is 0 Å². The average molecular weight is 327 g/mol.